The second-order valence-corrected chi connectivity index (χ2v) is 5.59. The molecule has 7 heteroatoms. The lowest BCUT2D eigenvalue weighted by atomic mass is 10.1. The molecule has 0 spiro atoms. The normalized spacial score (nSPS) is 11.6. The van der Waals surface area contributed by atoms with E-state index in [1.165, 1.54) is 12.1 Å². The van der Waals surface area contributed by atoms with Crippen LogP contribution in [0.2, 0.25) is 0 Å². The topological polar surface area (TPSA) is 89.9 Å². The Morgan fingerprint density at radius 3 is 2.30 bits per heavy atom. The molecule has 130 valence electrons. The van der Waals surface area contributed by atoms with Gasteiger partial charge in [0.05, 0.1) is 0 Å². The SMILES string of the molecule is CN(C)CCCCC(=O)NC(Cc1ccc(O)cc1)C(=O)O.Cl. The highest BCUT2D eigenvalue weighted by Crippen LogP contribution is 2.11. The second-order valence-electron chi connectivity index (χ2n) is 5.59. The first kappa shape index (κ1) is 21.2. The summed E-state index contributed by atoms with van der Waals surface area (Å²) in [4.78, 5) is 25.1. The van der Waals surface area contributed by atoms with Gasteiger partial charge in [-0.2, -0.15) is 0 Å². The molecule has 0 aliphatic heterocycles. The van der Waals surface area contributed by atoms with E-state index in [9.17, 15) is 19.8 Å². The van der Waals surface area contributed by atoms with Gasteiger partial charge in [-0.3, -0.25) is 4.79 Å². The van der Waals surface area contributed by atoms with Crippen molar-refractivity contribution in [2.75, 3.05) is 20.6 Å². The number of hydrogen-bond donors (Lipinski definition) is 3. The minimum absolute atomic E-state index is 0. The Balaban J connectivity index is 0.00000484. The van der Waals surface area contributed by atoms with Crippen molar-refractivity contribution in [3.63, 3.8) is 0 Å². The van der Waals surface area contributed by atoms with Crippen molar-refractivity contribution in [3.8, 4) is 5.75 Å². The van der Waals surface area contributed by atoms with Crippen molar-refractivity contribution >= 4 is 24.3 Å². The number of hydrogen-bond acceptors (Lipinski definition) is 4. The number of phenolic OH excluding ortho intramolecular Hbond substituents is 1. The average Bonchev–Trinajstić information content (AvgIpc) is 2.45. The van der Waals surface area contributed by atoms with E-state index in [0.29, 0.717) is 6.42 Å². The van der Waals surface area contributed by atoms with Crippen LogP contribution in [-0.2, 0) is 16.0 Å². The summed E-state index contributed by atoms with van der Waals surface area (Å²) in [6.07, 6.45) is 2.15. The van der Waals surface area contributed by atoms with Gasteiger partial charge in [0, 0.05) is 12.8 Å². The van der Waals surface area contributed by atoms with Gasteiger partial charge in [-0.05, 0) is 51.2 Å². The van der Waals surface area contributed by atoms with E-state index in [0.717, 1.165) is 24.9 Å². The highest BCUT2D eigenvalue weighted by molar-refractivity contribution is 5.85. The molecule has 0 saturated heterocycles. The van der Waals surface area contributed by atoms with Gasteiger partial charge in [0.2, 0.25) is 5.91 Å². The van der Waals surface area contributed by atoms with E-state index >= 15 is 0 Å². The molecule has 0 aliphatic carbocycles. The fourth-order valence-electron chi connectivity index (χ4n) is 2.05. The first-order valence-electron chi connectivity index (χ1n) is 7.33. The number of phenols is 1. The van der Waals surface area contributed by atoms with Crippen molar-refractivity contribution in [1.82, 2.24) is 10.2 Å². The third-order valence-corrected chi connectivity index (χ3v) is 3.27. The summed E-state index contributed by atoms with van der Waals surface area (Å²) in [5.74, 6) is -1.18. The molecule has 1 amide bonds. The molecular formula is C16H25ClN2O4. The van der Waals surface area contributed by atoms with E-state index in [2.05, 4.69) is 5.32 Å². The van der Waals surface area contributed by atoms with E-state index in [-0.39, 0.29) is 30.5 Å². The first-order valence-corrected chi connectivity index (χ1v) is 7.33. The Morgan fingerprint density at radius 1 is 1.17 bits per heavy atom. The van der Waals surface area contributed by atoms with Crippen LogP contribution in [0.25, 0.3) is 0 Å². The summed E-state index contributed by atoms with van der Waals surface area (Å²) in [6.45, 7) is 0.906. The number of benzene rings is 1. The number of amides is 1. The highest BCUT2D eigenvalue weighted by Gasteiger charge is 2.20. The number of carbonyl (C=O) groups is 2. The van der Waals surface area contributed by atoms with Crippen molar-refractivity contribution in [3.05, 3.63) is 29.8 Å². The van der Waals surface area contributed by atoms with Crippen LogP contribution in [0.15, 0.2) is 24.3 Å². The predicted molar refractivity (Wildman–Crippen MR) is 91.0 cm³/mol. The molecular weight excluding hydrogens is 320 g/mol. The molecule has 1 aromatic rings. The van der Waals surface area contributed by atoms with Crippen molar-refractivity contribution in [1.29, 1.82) is 0 Å². The lowest BCUT2D eigenvalue weighted by Gasteiger charge is -2.15. The first-order chi connectivity index (χ1) is 10.4. The zero-order valence-corrected chi connectivity index (χ0v) is 14.3. The van der Waals surface area contributed by atoms with Gasteiger partial charge in [0.1, 0.15) is 11.8 Å². The van der Waals surface area contributed by atoms with Crippen LogP contribution in [0.5, 0.6) is 5.75 Å². The monoisotopic (exact) mass is 344 g/mol. The minimum Gasteiger partial charge on any atom is -0.508 e. The largest absolute Gasteiger partial charge is 0.508 e. The number of nitrogens with one attached hydrogen (secondary N) is 1. The summed E-state index contributed by atoms with van der Waals surface area (Å²) in [5, 5.41) is 21.0. The predicted octanol–water partition coefficient (Wildman–Crippen LogP) is 1.66. The fourth-order valence-corrected chi connectivity index (χ4v) is 2.05. The molecule has 0 aliphatic rings. The van der Waals surface area contributed by atoms with Gasteiger partial charge in [-0.1, -0.05) is 12.1 Å². The molecule has 1 atom stereocenters. The van der Waals surface area contributed by atoms with Gasteiger partial charge in [0.15, 0.2) is 0 Å². The Kier molecular flexibility index (Phi) is 10.0. The molecule has 0 aromatic heterocycles. The van der Waals surface area contributed by atoms with Gasteiger partial charge < -0.3 is 20.4 Å². The highest BCUT2D eigenvalue weighted by atomic mass is 35.5. The third kappa shape index (κ3) is 9.05. The molecule has 23 heavy (non-hydrogen) atoms. The number of carboxylic acid groups (broad SMARTS) is 1. The lowest BCUT2D eigenvalue weighted by molar-refractivity contribution is -0.141. The standard InChI is InChI=1S/C16H24N2O4.ClH/c1-18(2)10-4-3-5-15(20)17-14(16(21)22)11-12-6-8-13(19)9-7-12;/h6-9,14,19H,3-5,10-11H2,1-2H3,(H,17,20)(H,21,22);1H. The van der Waals surface area contributed by atoms with Crippen LogP contribution in [0, 0.1) is 0 Å². The zero-order chi connectivity index (χ0) is 16.5. The molecule has 1 rings (SSSR count). The molecule has 0 saturated carbocycles. The van der Waals surface area contributed by atoms with Gasteiger partial charge >= 0.3 is 5.97 Å². The number of carbonyl (C=O) groups excluding carboxylic acids is 1. The van der Waals surface area contributed by atoms with E-state index in [4.69, 9.17) is 0 Å². The van der Waals surface area contributed by atoms with E-state index < -0.39 is 12.0 Å². The van der Waals surface area contributed by atoms with Gasteiger partial charge in [0.25, 0.3) is 0 Å². The minimum atomic E-state index is -1.06. The molecule has 1 unspecified atom stereocenters. The number of nitrogens with zero attached hydrogens (tertiary/aromatic N) is 1. The molecule has 0 heterocycles. The summed E-state index contributed by atoms with van der Waals surface area (Å²) >= 11 is 0. The van der Waals surface area contributed by atoms with Crippen LogP contribution >= 0.6 is 12.4 Å². The van der Waals surface area contributed by atoms with E-state index in [1.807, 2.05) is 19.0 Å². The lowest BCUT2D eigenvalue weighted by Crippen LogP contribution is -2.42. The average molecular weight is 345 g/mol. The molecule has 3 N–H and O–H groups in total. The zero-order valence-electron chi connectivity index (χ0n) is 13.5. The molecule has 0 bridgehead atoms. The summed E-state index contributed by atoms with van der Waals surface area (Å²) in [5.41, 5.74) is 0.748. The number of aliphatic carboxylic acids is 1. The molecule has 0 fully saturated rings. The maximum Gasteiger partial charge on any atom is 0.326 e. The third-order valence-electron chi connectivity index (χ3n) is 3.27. The maximum atomic E-state index is 11.8. The Morgan fingerprint density at radius 2 is 1.78 bits per heavy atom. The number of rotatable bonds is 9. The Labute approximate surface area is 142 Å². The van der Waals surface area contributed by atoms with Crippen molar-refractivity contribution in [2.45, 2.75) is 31.7 Å². The Bertz CT molecular complexity index is 491. The van der Waals surface area contributed by atoms with Crippen LogP contribution in [0.4, 0.5) is 0 Å². The summed E-state index contributed by atoms with van der Waals surface area (Å²) in [6, 6.07) is 5.34. The fraction of sp³-hybridized carbons (Fsp3) is 0.500. The Hall–Kier alpha value is -1.79. The quantitative estimate of drug-likeness (QED) is 0.593. The number of aromatic hydroxyl groups is 1. The van der Waals surface area contributed by atoms with Crippen LogP contribution in [0.3, 0.4) is 0 Å². The molecule has 6 nitrogen and oxygen atoms in total. The van der Waals surface area contributed by atoms with Crippen molar-refractivity contribution < 1.29 is 19.8 Å². The number of halogens is 1. The second kappa shape index (κ2) is 10.9. The van der Waals surface area contributed by atoms with Gasteiger partial charge in [-0.25, -0.2) is 4.79 Å². The van der Waals surface area contributed by atoms with Crippen LogP contribution in [-0.4, -0.2) is 53.7 Å². The van der Waals surface area contributed by atoms with Crippen LogP contribution in [0.1, 0.15) is 24.8 Å². The summed E-state index contributed by atoms with van der Waals surface area (Å²) < 4.78 is 0. The number of carboxylic acids is 1. The molecule has 0 radical (unpaired) electrons. The number of unbranched alkanes of at least 4 members (excludes halogenated alkanes) is 1. The maximum absolute atomic E-state index is 11.8. The van der Waals surface area contributed by atoms with Crippen molar-refractivity contribution in [2.24, 2.45) is 0 Å². The molecule has 1 aromatic carbocycles. The van der Waals surface area contributed by atoms with E-state index in [1.54, 1.807) is 12.1 Å². The summed E-state index contributed by atoms with van der Waals surface area (Å²) in [7, 11) is 3.94. The van der Waals surface area contributed by atoms with Crippen LogP contribution < -0.4 is 5.32 Å². The van der Waals surface area contributed by atoms with Gasteiger partial charge in [-0.15, -0.1) is 12.4 Å². The smallest absolute Gasteiger partial charge is 0.326 e.